The number of hydrogen-bond acceptors (Lipinski definition) is 3. The standard InChI is InChI=1S/C17H18N2O2/c1-12(2)19(10-9-17(20)21)16-8-7-13(11-18)14-5-3-4-6-15(14)16/h3-8,12H,9-10H2,1-2H3,(H,20,21). The number of anilines is 1. The van der Waals surface area contributed by atoms with Crippen molar-refractivity contribution >= 4 is 22.4 Å². The lowest BCUT2D eigenvalue weighted by Crippen LogP contribution is -2.33. The van der Waals surface area contributed by atoms with E-state index in [4.69, 9.17) is 5.11 Å². The van der Waals surface area contributed by atoms with Gasteiger partial charge in [-0.2, -0.15) is 5.26 Å². The molecule has 108 valence electrons. The first kappa shape index (κ1) is 14.9. The van der Waals surface area contributed by atoms with E-state index in [1.807, 2.05) is 44.2 Å². The van der Waals surface area contributed by atoms with Crippen molar-refractivity contribution in [2.24, 2.45) is 0 Å². The van der Waals surface area contributed by atoms with Crippen molar-refractivity contribution in [1.29, 1.82) is 5.26 Å². The summed E-state index contributed by atoms with van der Waals surface area (Å²) >= 11 is 0. The molecule has 0 aliphatic heterocycles. The van der Waals surface area contributed by atoms with Crippen LogP contribution in [-0.4, -0.2) is 23.7 Å². The van der Waals surface area contributed by atoms with Gasteiger partial charge in [-0.3, -0.25) is 4.79 Å². The average molecular weight is 282 g/mol. The van der Waals surface area contributed by atoms with Crippen LogP contribution in [0.15, 0.2) is 36.4 Å². The minimum atomic E-state index is -0.807. The minimum absolute atomic E-state index is 0.0898. The van der Waals surface area contributed by atoms with Crippen molar-refractivity contribution in [3.8, 4) is 6.07 Å². The fourth-order valence-corrected chi connectivity index (χ4v) is 2.50. The van der Waals surface area contributed by atoms with Gasteiger partial charge in [0.1, 0.15) is 0 Å². The van der Waals surface area contributed by atoms with Gasteiger partial charge in [-0.15, -0.1) is 0 Å². The second-order valence-electron chi connectivity index (χ2n) is 5.22. The van der Waals surface area contributed by atoms with Gasteiger partial charge in [0.15, 0.2) is 0 Å². The van der Waals surface area contributed by atoms with Crippen molar-refractivity contribution in [2.75, 3.05) is 11.4 Å². The Morgan fingerprint density at radius 3 is 2.48 bits per heavy atom. The number of carboxylic acids is 1. The van der Waals surface area contributed by atoms with E-state index in [1.165, 1.54) is 0 Å². The highest BCUT2D eigenvalue weighted by Gasteiger charge is 2.16. The molecular weight excluding hydrogens is 264 g/mol. The lowest BCUT2D eigenvalue weighted by molar-refractivity contribution is -0.136. The quantitative estimate of drug-likeness (QED) is 0.912. The maximum atomic E-state index is 10.9. The third-order valence-corrected chi connectivity index (χ3v) is 3.52. The van der Waals surface area contributed by atoms with Crippen LogP contribution >= 0.6 is 0 Å². The Morgan fingerprint density at radius 1 is 1.24 bits per heavy atom. The third-order valence-electron chi connectivity index (χ3n) is 3.52. The van der Waals surface area contributed by atoms with E-state index in [1.54, 1.807) is 6.07 Å². The second kappa shape index (κ2) is 6.27. The monoisotopic (exact) mass is 282 g/mol. The van der Waals surface area contributed by atoms with Gasteiger partial charge in [-0.1, -0.05) is 24.3 Å². The molecule has 1 N–H and O–H groups in total. The van der Waals surface area contributed by atoms with Crippen LogP contribution in [0.25, 0.3) is 10.8 Å². The molecule has 0 spiro atoms. The van der Waals surface area contributed by atoms with Crippen molar-refractivity contribution in [3.63, 3.8) is 0 Å². The summed E-state index contributed by atoms with van der Waals surface area (Å²) in [6.07, 6.45) is 0.0898. The smallest absolute Gasteiger partial charge is 0.305 e. The van der Waals surface area contributed by atoms with Crippen LogP contribution in [0, 0.1) is 11.3 Å². The van der Waals surface area contributed by atoms with Crippen LogP contribution < -0.4 is 4.90 Å². The summed E-state index contributed by atoms with van der Waals surface area (Å²) in [5, 5.41) is 20.0. The largest absolute Gasteiger partial charge is 0.481 e. The Balaban J connectivity index is 2.53. The molecule has 4 heteroatoms. The number of fused-ring (bicyclic) bond motifs is 1. The summed E-state index contributed by atoms with van der Waals surface area (Å²) in [7, 11) is 0. The molecular formula is C17H18N2O2. The van der Waals surface area contributed by atoms with Gasteiger partial charge in [0.25, 0.3) is 0 Å². The molecule has 0 fully saturated rings. The van der Waals surface area contributed by atoms with E-state index in [0.29, 0.717) is 12.1 Å². The molecule has 0 saturated carbocycles. The zero-order valence-electron chi connectivity index (χ0n) is 12.2. The first-order chi connectivity index (χ1) is 10.0. The Kier molecular flexibility index (Phi) is 4.44. The van der Waals surface area contributed by atoms with Crippen LogP contribution in [0.3, 0.4) is 0 Å². The SMILES string of the molecule is CC(C)N(CCC(=O)O)c1ccc(C#N)c2ccccc12. The number of aliphatic carboxylic acids is 1. The molecule has 4 nitrogen and oxygen atoms in total. The highest BCUT2D eigenvalue weighted by Crippen LogP contribution is 2.30. The van der Waals surface area contributed by atoms with Crippen LogP contribution in [0.5, 0.6) is 0 Å². The van der Waals surface area contributed by atoms with E-state index in [-0.39, 0.29) is 12.5 Å². The summed E-state index contributed by atoms with van der Waals surface area (Å²) < 4.78 is 0. The molecule has 0 aliphatic rings. The highest BCUT2D eigenvalue weighted by atomic mass is 16.4. The van der Waals surface area contributed by atoms with Crippen LogP contribution in [0.4, 0.5) is 5.69 Å². The van der Waals surface area contributed by atoms with E-state index in [9.17, 15) is 10.1 Å². The number of carboxylic acid groups (broad SMARTS) is 1. The summed E-state index contributed by atoms with van der Waals surface area (Å²) in [5.41, 5.74) is 1.61. The third kappa shape index (κ3) is 3.14. The van der Waals surface area contributed by atoms with E-state index < -0.39 is 5.97 Å². The van der Waals surface area contributed by atoms with E-state index in [2.05, 4.69) is 11.0 Å². The molecule has 2 aromatic carbocycles. The normalized spacial score (nSPS) is 10.6. The number of hydrogen-bond donors (Lipinski definition) is 1. The second-order valence-corrected chi connectivity index (χ2v) is 5.22. The number of benzene rings is 2. The number of rotatable bonds is 5. The van der Waals surface area contributed by atoms with Crippen molar-refractivity contribution < 1.29 is 9.90 Å². The maximum absolute atomic E-state index is 10.9. The molecule has 0 aliphatic carbocycles. The molecule has 0 atom stereocenters. The fourth-order valence-electron chi connectivity index (χ4n) is 2.50. The maximum Gasteiger partial charge on any atom is 0.305 e. The van der Waals surface area contributed by atoms with Crippen LogP contribution in [0.1, 0.15) is 25.8 Å². The molecule has 0 unspecified atom stereocenters. The van der Waals surface area contributed by atoms with Gasteiger partial charge >= 0.3 is 5.97 Å². The molecule has 0 bridgehead atoms. The predicted molar refractivity (Wildman–Crippen MR) is 83.4 cm³/mol. The Morgan fingerprint density at radius 2 is 1.90 bits per heavy atom. The molecule has 2 aromatic rings. The Hall–Kier alpha value is -2.54. The molecule has 0 aromatic heterocycles. The molecule has 0 radical (unpaired) electrons. The zero-order valence-corrected chi connectivity index (χ0v) is 12.2. The molecule has 0 heterocycles. The van der Waals surface area contributed by atoms with Crippen molar-refractivity contribution in [1.82, 2.24) is 0 Å². The minimum Gasteiger partial charge on any atom is -0.481 e. The Bertz CT molecular complexity index is 701. The summed E-state index contributed by atoms with van der Waals surface area (Å²) in [4.78, 5) is 12.9. The van der Waals surface area contributed by atoms with Gasteiger partial charge in [0.2, 0.25) is 0 Å². The van der Waals surface area contributed by atoms with Crippen molar-refractivity contribution in [3.05, 3.63) is 42.0 Å². The molecule has 21 heavy (non-hydrogen) atoms. The molecule has 0 saturated heterocycles. The van der Waals surface area contributed by atoms with E-state index >= 15 is 0 Å². The number of nitrogens with zero attached hydrogens (tertiary/aromatic N) is 2. The van der Waals surface area contributed by atoms with Gasteiger partial charge in [-0.25, -0.2) is 0 Å². The zero-order chi connectivity index (χ0) is 15.4. The number of carbonyl (C=O) groups is 1. The van der Waals surface area contributed by atoms with Gasteiger partial charge < -0.3 is 10.0 Å². The fraction of sp³-hybridized carbons (Fsp3) is 0.294. The predicted octanol–water partition coefficient (Wildman–Crippen LogP) is 3.40. The van der Waals surface area contributed by atoms with E-state index in [0.717, 1.165) is 16.5 Å². The average Bonchev–Trinajstić information content (AvgIpc) is 2.46. The summed E-state index contributed by atoms with van der Waals surface area (Å²) in [6.45, 7) is 4.52. The van der Waals surface area contributed by atoms with Crippen molar-refractivity contribution in [2.45, 2.75) is 26.3 Å². The first-order valence-electron chi connectivity index (χ1n) is 6.95. The lowest BCUT2D eigenvalue weighted by atomic mass is 10.0. The van der Waals surface area contributed by atoms with Gasteiger partial charge in [0, 0.05) is 29.0 Å². The molecule has 2 rings (SSSR count). The van der Waals surface area contributed by atoms with Crippen LogP contribution in [-0.2, 0) is 4.79 Å². The van der Waals surface area contributed by atoms with Gasteiger partial charge in [-0.05, 0) is 26.0 Å². The van der Waals surface area contributed by atoms with Crippen LogP contribution in [0.2, 0.25) is 0 Å². The topological polar surface area (TPSA) is 64.3 Å². The lowest BCUT2D eigenvalue weighted by Gasteiger charge is -2.30. The summed E-state index contributed by atoms with van der Waals surface area (Å²) in [6, 6.07) is 13.8. The van der Waals surface area contributed by atoms with Gasteiger partial charge in [0.05, 0.1) is 18.1 Å². The first-order valence-corrected chi connectivity index (χ1v) is 6.95. The number of nitriles is 1. The summed E-state index contributed by atoms with van der Waals surface area (Å²) in [5.74, 6) is -0.807. The Labute approximate surface area is 124 Å². The molecule has 0 amide bonds. The highest BCUT2D eigenvalue weighted by molar-refractivity contribution is 5.98.